The van der Waals surface area contributed by atoms with Gasteiger partial charge in [-0.1, -0.05) is 0 Å². The number of nitrogens with zero attached hydrogens (tertiary/aromatic N) is 2. The smallest absolute Gasteiger partial charge is 0.271 e. The first-order valence-electron chi connectivity index (χ1n) is 5.23. The van der Waals surface area contributed by atoms with Crippen LogP contribution in [0.15, 0.2) is 12.4 Å². The van der Waals surface area contributed by atoms with E-state index in [2.05, 4.69) is 15.3 Å². The average molecular weight is 222 g/mol. The van der Waals surface area contributed by atoms with Crippen LogP contribution in [0.1, 0.15) is 23.3 Å². The SMILES string of the molecule is Nc1cncc(C(=O)NCC2CCCO2)n1. The zero-order valence-corrected chi connectivity index (χ0v) is 8.85. The van der Waals surface area contributed by atoms with Crippen LogP contribution >= 0.6 is 0 Å². The van der Waals surface area contributed by atoms with E-state index in [1.807, 2.05) is 0 Å². The van der Waals surface area contributed by atoms with Crippen LogP contribution in [0.3, 0.4) is 0 Å². The third-order valence-corrected chi connectivity index (χ3v) is 2.40. The highest BCUT2D eigenvalue weighted by atomic mass is 16.5. The minimum Gasteiger partial charge on any atom is -0.382 e. The van der Waals surface area contributed by atoms with Crippen molar-refractivity contribution in [1.82, 2.24) is 15.3 Å². The molecular formula is C10H14N4O2. The van der Waals surface area contributed by atoms with Crippen LogP contribution in [-0.4, -0.2) is 35.1 Å². The summed E-state index contributed by atoms with van der Waals surface area (Å²) in [6, 6.07) is 0. The number of carbonyl (C=O) groups is 1. The summed E-state index contributed by atoms with van der Waals surface area (Å²) in [6.45, 7) is 1.29. The molecule has 0 saturated carbocycles. The Kier molecular flexibility index (Phi) is 3.31. The summed E-state index contributed by atoms with van der Waals surface area (Å²) < 4.78 is 5.39. The molecule has 2 heterocycles. The van der Waals surface area contributed by atoms with Crippen molar-refractivity contribution in [2.45, 2.75) is 18.9 Å². The van der Waals surface area contributed by atoms with Crippen molar-refractivity contribution < 1.29 is 9.53 Å². The molecule has 0 aliphatic carbocycles. The normalized spacial score (nSPS) is 19.6. The van der Waals surface area contributed by atoms with Crippen LogP contribution in [0.25, 0.3) is 0 Å². The molecule has 1 aromatic heterocycles. The predicted molar refractivity (Wildman–Crippen MR) is 57.8 cm³/mol. The Morgan fingerprint density at radius 1 is 1.62 bits per heavy atom. The molecule has 1 saturated heterocycles. The van der Waals surface area contributed by atoms with Gasteiger partial charge < -0.3 is 15.8 Å². The van der Waals surface area contributed by atoms with Gasteiger partial charge in [-0.3, -0.25) is 9.78 Å². The van der Waals surface area contributed by atoms with Crippen LogP contribution < -0.4 is 11.1 Å². The molecule has 6 nitrogen and oxygen atoms in total. The predicted octanol–water partition coefficient (Wildman–Crippen LogP) is -0.0324. The van der Waals surface area contributed by atoms with E-state index in [0.29, 0.717) is 6.54 Å². The summed E-state index contributed by atoms with van der Waals surface area (Å²) in [7, 11) is 0. The maximum absolute atomic E-state index is 11.6. The summed E-state index contributed by atoms with van der Waals surface area (Å²) >= 11 is 0. The standard InChI is InChI=1S/C10H14N4O2/c11-9-6-12-5-8(14-9)10(15)13-4-7-2-1-3-16-7/h5-7H,1-4H2,(H2,11,14)(H,13,15). The average Bonchev–Trinajstić information content (AvgIpc) is 2.78. The van der Waals surface area contributed by atoms with Gasteiger partial charge in [0.2, 0.25) is 0 Å². The molecule has 2 rings (SSSR count). The van der Waals surface area contributed by atoms with Crippen LogP contribution in [0.2, 0.25) is 0 Å². The second-order valence-corrected chi connectivity index (χ2v) is 3.67. The molecule has 1 fully saturated rings. The van der Waals surface area contributed by atoms with E-state index in [-0.39, 0.29) is 23.5 Å². The Bertz CT molecular complexity index is 377. The highest BCUT2D eigenvalue weighted by Gasteiger charge is 2.17. The van der Waals surface area contributed by atoms with Crippen molar-refractivity contribution in [3.63, 3.8) is 0 Å². The lowest BCUT2D eigenvalue weighted by molar-refractivity contribution is 0.0853. The monoisotopic (exact) mass is 222 g/mol. The lowest BCUT2D eigenvalue weighted by atomic mass is 10.2. The van der Waals surface area contributed by atoms with Gasteiger partial charge in [-0.25, -0.2) is 4.98 Å². The van der Waals surface area contributed by atoms with E-state index in [9.17, 15) is 4.79 Å². The Hall–Kier alpha value is -1.69. The fourth-order valence-electron chi connectivity index (χ4n) is 1.59. The van der Waals surface area contributed by atoms with Gasteiger partial charge in [0.15, 0.2) is 0 Å². The lowest BCUT2D eigenvalue weighted by Crippen LogP contribution is -2.32. The number of amides is 1. The third kappa shape index (κ3) is 2.66. The number of anilines is 1. The first-order chi connectivity index (χ1) is 7.75. The number of nitrogens with two attached hydrogens (primary N) is 1. The maximum Gasteiger partial charge on any atom is 0.271 e. The highest BCUT2D eigenvalue weighted by molar-refractivity contribution is 5.92. The quantitative estimate of drug-likeness (QED) is 0.749. The molecule has 1 aliphatic rings. The van der Waals surface area contributed by atoms with Crippen molar-refractivity contribution >= 4 is 11.7 Å². The van der Waals surface area contributed by atoms with Gasteiger partial charge in [-0.2, -0.15) is 0 Å². The number of ether oxygens (including phenoxy) is 1. The fourth-order valence-corrected chi connectivity index (χ4v) is 1.59. The molecule has 0 radical (unpaired) electrons. The van der Waals surface area contributed by atoms with Crippen LogP contribution in [0.4, 0.5) is 5.82 Å². The van der Waals surface area contributed by atoms with E-state index in [4.69, 9.17) is 10.5 Å². The Labute approximate surface area is 93.2 Å². The number of nitrogens with one attached hydrogen (secondary N) is 1. The van der Waals surface area contributed by atoms with Crippen molar-refractivity contribution in [1.29, 1.82) is 0 Å². The number of rotatable bonds is 3. The molecule has 1 unspecified atom stereocenters. The molecule has 1 atom stereocenters. The fraction of sp³-hybridized carbons (Fsp3) is 0.500. The van der Waals surface area contributed by atoms with E-state index in [1.54, 1.807) is 0 Å². The Balaban J connectivity index is 1.87. The number of nitrogen functional groups attached to an aromatic ring is 1. The van der Waals surface area contributed by atoms with Gasteiger partial charge in [0.05, 0.1) is 18.5 Å². The molecule has 1 amide bonds. The molecule has 86 valence electrons. The number of carbonyl (C=O) groups excluding carboxylic acids is 1. The largest absolute Gasteiger partial charge is 0.382 e. The van der Waals surface area contributed by atoms with Gasteiger partial charge in [0.1, 0.15) is 11.5 Å². The summed E-state index contributed by atoms with van der Waals surface area (Å²) in [5.74, 6) is -0.0277. The van der Waals surface area contributed by atoms with Crippen LogP contribution in [-0.2, 0) is 4.74 Å². The van der Waals surface area contributed by atoms with Crippen LogP contribution in [0.5, 0.6) is 0 Å². The van der Waals surface area contributed by atoms with Gasteiger partial charge in [-0.05, 0) is 12.8 Å². The molecule has 6 heteroatoms. The highest BCUT2D eigenvalue weighted by Crippen LogP contribution is 2.10. The molecule has 0 aromatic carbocycles. The maximum atomic E-state index is 11.6. The Morgan fingerprint density at radius 2 is 2.50 bits per heavy atom. The van der Waals surface area contributed by atoms with Gasteiger partial charge >= 0.3 is 0 Å². The third-order valence-electron chi connectivity index (χ3n) is 2.40. The van der Waals surface area contributed by atoms with E-state index in [1.165, 1.54) is 12.4 Å². The van der Waals surface area contributed by atoms with Crippen molar-refractivity contribution in [2.24, 2.45) is 0 Å². The number of hydrogen-bond acceptors (Lipinski definition) is 5. The summed E-state index contributed by atoms with van der Waals surface area (Å²) in [5, 5.41) is 2.75. The summed E-state index contributed by atoms with van der Waals surface area (Å²) in [5.41, 5.74) is 5.67. The molecule has 1 aliphatic heterocycles. The molecule has 0 spiro atoms. The minimum atomic E-state index is -0.268. The van der Waals surface area contributed by atoms with E-state index < -0.39 is 0 Å². The van der Waals surface area contributed by atoms with Crippen LogP contribution in [0, 0.1) is 0 Å². The summed E-state index contributed by atoms with van der Waals surface area (Å²) in [6.07, 6.45) is 4.96. The topological polar surface area (TPSA) is 90.1 Å². The first-order valence-corrected chi connectivity index (χ1v) is 5.23. The molecule has 1 aromatic rings. The second kappa shape index (κ2) is 4.89. The van der Waals surface area contributed by atoms with Gasteiger partial charge in [-0.15, -0.1) is 0 Å². The van der Waals surface area contributed by atoms with Crippen molar-refractivity contribution in [3.8, 4) is 0 Å². The Morgan fingerprint density at radius 3 is 3.19 bits per heavy atom. The molecule has 16 heavy (non-hydrogen) atoms. The number of aromatic nitrogens is 2. The second-order valence-electron chi connectivity index (χ2n) is 3.67. The van der Waals surface area contributed by atoms with E-state index in [0.717, 1.165) is 19.4 Å². The number of hydrogen-bond donors (Lipinski definition) is 2. The van der Waals surface area contributed by atoms with Crippen molar-refractivity contribution in [3.05, 3.63) is 18.1 Å². The first kappa shape index (κ1) is 10.8. The van der Waals surface area contributed by atoms with E-state index >= 15 is 0 Å². The zero-order valence-electron chi connectivity index (χ0n) is 8.85. The minimum absolute atomic E-state index is 0.123. The van der Waals surface area contributed by atoms with Gasteiger partial charge in [0, 0.05) is 13.2 Å². The van der Waals surface area contributed by atoms with Crippen molar-refractivity contribution in [2.75, 3.05) is 18.9 Å². The zero-order chi connectivity index (χ0) is 11.4. The molecular weight excluding hydrogens is 208 g/mol. The summed E-state index contributed by atoms with van der Waals surface area (Å²) in [4.78, 5) is 19.3. The lowest BCUT2D eigenvalue weighted by Gasteiger charge is -2.10. The molecule has 0 bridgehead atoms. The van der Waals surface area contributed by atoms with Gasteiger partial charge in [0.25, 0.3) is 5.91 Å². The molecule has 3 N–H and O–H groups in total.